The zero-order valence-electron chi connectivity index (χ0n) is 11.5. The first-order valence-corrected chi connectivity index (χ1v) is 6.69. The topological polar surface area (TPSA) is 54.7 Å². The van der Waals surface area contributed by atoms with E-state index in [9.17, 15) is 4.79 Å². The standard InChI is InChI=1S/C13H17ClN3O3/c1-3-16(17-6-7-19-9-10(17)2)12-8-15-5-4-11(12)13(18)20-14/h3-5,8,10H,6-7,9H2,1-2H3/q+1/t10-/m0/s1. The van der Waals surface area contributed by atoms with Crippen LogP contribution >= 0.6 is 11.9 Å². The number of carbonyl (C=O) groups is 1. The minimum Gasteiger partial charge on any atom is -0.377 e. The molecule has 0 unspecified atom stereocenters. The van der Waals surface area contributed by atoms with Crippen LogP contribution in [-0.2, 0) is 9.03 Å². The highest BCUT2D eigenvalue weighted by Crippen LogP contribution is 2.22. The number of hydrogen-bond donors (Lipinski definition) is 0. The van der Waals surface area contributed by atoms with Crippen LogP contribution in [0.2, 0.25) is 0 Å². The van der Waals surface area contributed by atoms with Crippen molar-refractivity contribution >= 4 is 29.7 Å². The van der Waals surface area contributed by atoms with E-state index in [0.717, 1.165) is 6.54 Å². The second-order valence-electron chi connectivity index (χ2n) is 4.45. The highest BCUT2D eigenvalue weighted by atomic mass is 35.5. The van der Waals surface area contributed by atoms with Crippen molar-refractivity contribution in [3.05, 3.63) is 24.0 Å². The molecule has 0 saturated carbocycles. The number of hydrogen-bond acceptors (Lipinski definition) is 5. The summed E-state index contributed by atoms with van der Waals surface area (Å²) in [5.41, 5.74) is 1.00. The van der Waals surface area contributed by atoms with Gasteiger partial charge in [-0.15, -0.1) is 0 Å². The number of pyridine rings is 1. The summed E-state index contributed by atoms with van der Waals surface area (Å²) in [6, 6.07) is 1.78. The molecule has 0 aromatic carbocycles. The molecule has 1 fully saturated rings. The number of morpholine rings is 1. The number of ether oxygens (including phenoxy) is 1. The summed E-state index contributed by atoms with van der Waals surface area (Å²) in [7, 11) is 0. The largest absolute Gasteiger partial charge is 0.377 e. The number of rotatable bonds is 3. The Balaban J connectivity index is 2.40. The molecule has 1 aliphatic heterocycles. The predicted octanol–water partition coefficient (Wildman–Crippen LogP) is 1.76. The lowest BCUT2D eigenvalue weighted by molar-refractivity contribution is -0.635. The number of hydrazone groups is 1. The first-order chi connectivity index (χ1) is 9.69. The van der Waals surface area contributed by atoms with Crippen molar-refractivity contribution in [2.75, 3.05) is 19.8 Å². The van der Waals surface area contributed by atoms with E-state index in [4.69, 9.17) is 16.6 Å². The van der Waals surface area contributed by atoms with Gasteiger partial charge in [-0.2, -0.15) is 5.01 Å². The quantitative estimate of drug-likeness (QED) is 0.629. The Hall–Kier alpha value is -1.66. The summed E-state index contributed by atoms with van der Waals surface area (Å²) in [5.74, 6) is -0.600. The highest BCUT2D eigenvalue weighted by molar-refractivity contribution is 6.16. The van der Waals surface area contributed by atoms with Crippen LogP contribution in [-0.4, -0.2) is 52.7 Å². The van der Waals surface area contributed by atoms with Crippen molar-refractivity contribution in [1.29, 1.82) is 0 Å². The molecule has 7 heteroatoms. The monoisotopic (exact) mass is 298 g/mol. The van der Waals surface area contributed by atoms with E-state index in [2.05, 4.69) is 21.2 Å². The molecule has 0 radical (unpaired) electrons. The van der Waals surface area contributed by atoms with Gasteiger partial charge in [-0.25, -0.2) is 4.79 Å². The molecule has 0 N–H and O–H groups in total. The number of nitrogens with zero attached hydrogens (tertiary/aromatic N) is 3. The van der Waals surface area contributed by atoms with Gasteiger partial charge >= 0.3 is 5.97 Å². The summed E-state index contributed by atoms with van der Waals surface area (Å²) in [6.45, 7) is 5.97. The van der Waals surface area contributed by atoms with Crippen LogP contribution in [0.25, 0.3) is 0 Å². The van der Waals surface area contributed by atoms with Crippen molar-refractivity contribution in [1.82, 2.24) is 9.99 Å². The maximum absolute atomic E-state index is 11.8. The van der Waals surface area contributed by atoms with Crippen molar-refractivity contribution in [2.24, 2.45) is 0 Å². The number of aromatic nitrogens is 1. The van der Waals surface area contributed by atoms with E-state index in [1.54, 1.807) is 12.3 Å². The molecule has 1 aromatic rings. The molecule has 0 bridgehead atoms. The summed E-state index contributed by atoms with van der Waals surface area (Å²) >= 11 is 5.19. The maximum atomic E-state index is 11.8. The van der Waals surface area contributed by atoms with Gasteiger partial charge in [0.05, 0.1) is 19.8 Å². The van der Waals surface area contributed by atoms with Gasteiger partial charge < -0.3 is 9.03 Å². The Morgan fingerprint density at radius 1 is 1.70 bits per heavy atom. The SMILES string of the molecule is CC=[N+](c1cnccc1C(=O)OCl)N1CCOC[C@@H]1C. The molecule has 6 nitrogen and oxygen atoms in total. The van der Waals surface area contributed by atoms with Gasteiger partial charge in [-0.3, -0.25) is 4.98 Å². The third-order valence-electron chi connectivity index (χ3n) is 3.19. The number of halogens is 1. The molecule has 1 aliphatic rings. The van der Waals surface area contributed by atoms with Gasteiger partial charge in [-0.05, 0) is 13.0 Å². The van der Waals surface area contributed by atoms with Crippen LogP contribution in [0.4, 0.5) is 5.69 Å². The van der Waals surface area contributed by atoms with E-state index in [0.29, 0.717) is 24.5 Å². The smallest absolute Gasteiger partial charge is 0.363 e. The van der Waals surface area contributed by atoms with Gasteiger partial charge in [0.15, 0.2) is 6.21 Å². The average Bonchev–Trinajstić information content (AvgIpc) is 2.49. The lowest BCUT2D eigenvalue weighted by Crippen LogP contribution is -2.48. The fraction of sp³-hybridized carbons (Fsp3) is 0.462. The van der Waals surface area contributed by atoms with Crippen LogP contribution in [0.1, 0.15) is 24.2 Å². The highest BCUT2D eigenvalue weighted by Gasteiger charge is 2.31. The van der Waals surface area contributed by atoms with Gasteiger partial charge in [0.25, 0.3) is 5.69 Å². The maximum Gasteiger partial charge on any atom is 0.363 e. The molecular formula is C13H17ClN3O3+. The molecule has 0 aliphatic carbocycles. The first kappa shape index (κ1) is 14.7. The fourth-order valence-corrected chi connectivity index (χ4v) is 2.33. The van der Waals surface area contributed by atoms with Gasteiger partial charge in [0.1, 0.15) is 29.7 Å². The van der Waals surface area contributed by atoms with E-state index >= 15 is 0 Å². The summed E-state index contributed by atoms with van der Waals surface area (Å²) in [4.78, 5) is 15.8. The Labute approximate surface area is 122 Å². The van der Waals surface area contributed by atoms with Crippen molar-refractivity contribution < 1.29 is 18.5 Å². The molecule has 20 heavy (non-hydrogen) atoms. The normalized spacial score (nSPS) is 19.9. The Bertz CT molecular complexity index is 521. The predicted molar refractivity (Wildman–Crippen MR) is 74.2 cm³/mol. The van der Waals surface area contributed by atoms with E-state index < -0.39 is 5.97 Å². The van der Waals surface area contributed by atoms with Gasteiger partial charge in [-0.1, -0.05) is 4.68 Å². The zero-order valence-corrected chi connectivity index (χ0v) is 12.2. The van der Waals surface area contributed by atoms with Gasteiger partial charge in [0, 0.05) is 13.1 Å². The summed E-state index contributed by atoms with van der Waals surface area (Å²) in [5, 5.41) is 2.12. The molecule has 1 aromatic heterocycles. The van der Waals surface area contributed by atoms with Crippen LogP contribution in [0.15, 0.2) is 18.5 Å². The fourth-order valence-electron chi connectivity index (χ4n) is 2.25. The second-order valence-corrected chi connectivity index (χ2v) is 4.60. The molecule has 0 spiro atoms. The van der Waals surface area contributed by atoms with Gasteiger partial charge in [0.2, 0.25) is 0 Å². The lowest BCUT2D eigenvalue weighted by atomic mass is 10.2. The van der Waals surface area contributed by atoms with Crippen molar-refractivity contribution in [3.8, 4) is 0 Å². The molecule has 2 heterocycles. The Morgan fingerprint density at radius 3 is 3.15 bits per heavy atom. The summed E-state index contributed by atoms with van der Waals surface area (Å²) < 4.78 is 11.6. The van der Waals surface area contributed by atoms with E-state index in [1.165, 1.54) is 6.20 Å². The molecule has 1 saturated heterocycles. The summed E-state index contributed by atoms with van der Waals surface area (Å²) in [6.07, 6.45) is 5.03. The second kappa shape index (κ2) is 6.67. The Kier molecular flexibility index (Phi) is 4.92. The van der Waals surface area contributed by atoms with Crippen LogP contribution < -0.4 is 0 Å². The van der Waals surface area contributed by atoms with Crippen LogP contribution in [0, 0.1) is 0 Å². The number of carbonyl (C=O) groups excluding carboxylic acids is 1. The molecule has 108 valence electrons. The third-order valence-corrected chi connectivity index (χ3v) is 3.33. The lowest BCUT2D eigenvalue weighted by Gasteiger charge is -2.30. The van der Waals surface area contributed by atoms with Crippen LogP contribution in [0.3, 0.4) is 0 Å². The molecule has 1 atom stereocenters. The molecule has 2 rings (SSSR count). The third kappa shape index (κ3) is 2.91. The minimum atomic E-state index is -0.600. The zero-order chi connectivity index (χ0) is 14.5. The Morgan fingerprint density at radius 2 is 2.50 bits per heavy atom. The van der Waals surface area contributed by atoms with Crippen molar-refractivity contribution in [2.45, 2.75) is 19.9 Å². The minimum absolute atomic E-state index is 0.194. The average molecular weight is 299 g/mol. The van der Waals surface area contributed by atoms with E-state index in [-0.39, 0.29) is 6.04 Å². The molecular weight excluding hydrogens is 282 g/mol. The van der Waals surface area contributed by atoms with E-state index in [1.807, 2.05) is 17.8 Å². The number of hydrazine groups is 1. The van der Waals surface area contributed by atoms with Crippen LogP contribution in [0.5, 0.6) is 0 Å². The van der Waals surface area contributed by atoms with Crippen molar-refractivity contribution in [3.63, 3.8) is 0 Å². The molecule has 0 amide bonds. The first-order valence-electron chi connectivity index (χ1n) is 6.39.